The lowest BCUT2D eigenvalue weighted by molar-refractivity contribution is -0.307. The Hall–Kier alpha value is -5.52. The van der Waals surface area contributed by atoms with Gasteiger partial charge in [-0.15, -0.1) is 0 Å². The van der Waals surface area contributed by atoms with Gasteiger partial charge in [0.05, 0.1) is 22.8 Å². The quantitative estimate of drug-likeness (QED) is 0.282. The van der Waals surface area contributed by atoms with Gasteiger partial charge in [0.15, 0.2) is 0 Å². The van der Waals surface area contributed by atoms with Gasteiger partial charge in [-0.1, -0.05) is 0 Å². The van der Waals surface area contributed by atoms with Gasteiger partial charge in [-0.2, -0.15) is 0 Å². The molecule has 2 aliphatic rings. The second-order valence-electron chi connectivity index (χ2n) is 10.6. The molecule has 0 atom stereocenters. The summed E-state index contributed by atoms with van der Waals surface area (Å²) in [5.74, 6) is -4.84. The molecule has 3 aromatic rings. The fourth-order valence-corrected chi connectivity index (χ4v) is 5.23. The molecule has 0 unspecified atom stereocenters. The predicted molar refractivity (Wildman–Crippen MR) is 152 cm³/mol. The summed E-state index contributed by atoms with van der Waals surface area (Å²) in [5, 5.41) is 44.9. The normalized spacial score (nSPS) is 12.5. The summed E-state index contributed by atoms with van der Waals surface area (Å²) >= 11 is 0. The van der Waals surface area contributed by atoms with Gasteiger partial charge < -0.3 is 49.6 Å². The lowest BCUT2D eigenvalue weighted by atomic mass is 10.1. The van der Waals surface area contributed by atoms with Crippen LogP contribution in [-0.2, 0) is 32.0 Å². The van der Waals surface area contributed by atoms with Crippen LogP contribution >= 0.6 is 0 Å². The van der Waals surface area contributed by atoms with Crippen molar-refractivity contribution in [3.63, 3.8) is 0 Å². The maximum Gasteiger partial charge on any atom is 0.0691 e. The molecule has 0 fully saturated rings. The first kappa shape index (κ1) is 30.0. The number of allylic oxidation sites excluding steroid dienone is 2. The van der Waals surface area contributed by atoms with E-state index < -0.39 is 23.9 Å². The molecule has 44 heavy (non-hydrogen) atoms. The molecule has 5 rings (SSSR count). The number of nitrogens with zero attached hydrogens (tertiary/aromatic N) is 2. The topological polar surface area (TPSA) is 218 Å². The summed E-state index contributed by atoms with van der Waals surface area (Å²) in [7, 11) is 0. The third kappa shape index (κ3) is 7.46. The third-order valence-electron chi connectivity index (χ3n) is 7.27. The Bertz CT molecular complexity index is 1900. The van der Waals surface area contributed by atoms with Gasteiger partial charge in [-0.05, 0) is 122 Å². The highest BCUT2D eigenvalue weighted by Crippen LogP contribution is 2.31. The molecule has 0 aliphatic carbocycles. The molecule has 12 nitrogen and oxygen atoms in total. The van der Waals surface area contributed by atoms with E-state index in [4.69, 9.17) is 0 Å². The minimum absolute atomic E-state index is 0.146. The number of aliphatic carboxylic acids is 4. The van der Waals surface area contributed by atoms with Crippen LogP contribution in [0, 0.1) is 0 Å². The van der Waals surface area contributed by atoms with Crippen LogP contribution in [0.3, 0.4) is 0 Å². The molecule has 2 aliphatic heterocycles. The number of aromatic amines is 2. The minimum atomic E-state index is -1.22. The monoisotopic (exact) mass is 594 g/mol. The molecule has 12 heteroatoms. The van der Waals surface area contributed by atoms with E-state index in [1.165, 1.54) is 0 Å². The van der Waals surface area contributed by atoms with E-state index in [1.54, 1.807) is 48.6 Å². The zero-order valence-electron chi connectivity index (χ0n) is 23.4. The van der Waals surface area contributed by atoms with Gasteiger partial charge in [-0.25, -0.2) is 9.97 Å². The molecule has 3 aromatic heterocycles. The number of carbonyl (C=O) groups is 4. The molecular formula is C32H26N4O8-4. The van der Waals surface area contributed by atoms with Crippen molar-refractivity contribution < 1.29 is 39.6 Å². The lowest BCUT2D eigenvalue weighted by Gasteiger charge is -2.03. The van der Waals surface area contributed by atoms with Crippen molar-refractivity contribution in [1.82, 2.24) is 19.9 Å². The van der Waals surface area contributed by atoms with Crippen molar-refractivity contribution in [2.24, 2.45) is 0 Å². The first-order valence-electron chi connectivity index (χ1n) is 14.0. The number of hydrogen-bond donors (Lipinski definition) is 2. The van der Waals surface area contributed by atoms with Crippen molar-refractivity contribution in [1.29, 1.82) is 0 Å². The zero-order chi connectivity index (χ0) is 31.4. The molecular weight excluding hydrogens is 568 g/mol. The molecule has 0 aromatic carbocycles. The van der Waals surface area contributed by atoms with Crippen LogP contribution in [0.1, 0.15) is 72.4 Å². The van der Waals surface area contributed by atoms with Crippen LogP contribution in [0.25, 0.3) is 45.4 Å². The number of carboxylic acid groups (broad SMARTS) is 4. The molecule has 0 radical (unpaired) electrons. The van der Waals surface area contributed by atoms with Crippen LogP contribution in [-0.4, -0.2) is 43.8 Å². The number of nitrogens with one attached hydrogen (secondary N) is 2. The summed E-state index contributed by atoms with van der Waals surface area (Å²) in [5.41, 5.74) is 6.98. The number of carboxylic acids is 4. The molecule has 0 amide bonds. The standard InChI is InChI=1S/C32H30N4O8/c37-29(38)5-1-17-9-21-14-26-19(3-7-31(41)42)11-23(35-26)16-28-20(4-8-32(43)44)12-24(36-28)15-27-18(2-6-30(39)40)10-22(34-27)13-25(17)33-21/h9-16,33-34H,1-8H2,(H,37,38)(H,39,40)(H,41,42)(H,43,44)/p-4. The van der Waals surface area contributed by atoms with Crippen molar-refractivity contribution in [3.8, 4) is 0 Å². The third-order valence-corrected chi connectivity index (χ3v) is 7.27. The molecule has 0 saturated carbocycles. The number of hydrogen-bond acceptors (Lipinski definition) is 10. The molecule has 226 valence electrons. The van der Waals surface area contributed by atoms with Crippen molar-refractivity contribution in [3.05, 3.63) is 70.3 Å². The van der Waals surface area contributed by atoms with Crippen molar-refractivity contribution in [2.45, 2.75) is 51.4 Å². The van der Waals surface area contributed by atoms with E-state index in [0.717, 1.165) is 0 Å². The van der Waals surface area contributed by atoms with Crippen molar-refractivity contribution in [2.75, 3.05) is 0 Å². The Morgan fingerprint density at radius 3 is 1.43 bits per heavy atom. The summed E-state index contributed by atoms with van der Waals surface area (Å²) in [6.07, 6.45) is 3.22. The van der Waals surface area contributed by atoms with E-state index in [-0.39, 0.29) is 51.4 Å². The summed E-state index contributed by atoms with van der Waals surface area (Å²) in [6, 6.07) is 10.5. The summed E-state index contributed by atoms with van der Waals surface area (Å²) in [6.45, 7) is 0. The fraction of sp³-hybridized carbons (Fsp3) is 0.250. The van der Waals surface area contributed by atoms with Crippen LogP contribution in [0.5, 0.6) is 0 Å². The SMILES string of the molecule is O=C([O-])CCC1=Cc2cc3[nH]c(cc3CCC(=O)[O-])cc3[nH]c(cc4nc(cc1n2)C=C4CCC(=O)[O-])cc3CCC(=O)[O-]. The van der Waals surface area contributed by atoms with E-state index in [9.17, 15) is 39.6 Å². The summed E-state index contributed by atoms with van der Waals surface area (Å²) in [4.78, 5) is 60.9. The number of aromatic nitrogens is 4. The second kappa shape index (κ2) is 12.8. The maximum absolute atomic E-state index is 11.2. The van der Waals surface area contributed by atoms with E-state index in [2.05, 4.69) is 19.9 Å². The fourth-order valence-electron chi connectivity index (χ4n) is 5.23. The Labute approximate surface area is 250 Å². The number of fused-ring (bicyclic) bond motifs is 8. The van der Waals surface area contributed by atoms with Crippen LogP contribution in [0.4, 0.5) is 0 Å². The second-order valence-corrected chi connectivity index (χ2v) is 10.6. The smallest absolute Gasteiger partial charge is 0.0691 e. The average Bonchev–Trinajstić information content (AvgIpc) is 3.70. The van der Waals surface area contributed by atoms with E-state index in [1.807, 2.05) is 0 Å². The number of rotatable bonds is 12. The predicted octanol–water partition coefficient (Wildman–Crippen LogP) is -0.179. The van der Waals surface area contributed by atoms with Gasteiger partial charge in [-0.3, -0.25) is 0 Å². The lowest BCUT2D eigenvalue weighted by Crippen LogP contribution is -2.22. The van der Waals surface area contributed by atoms with E-state index >= 15 is 0 Å². The highest BCUT2D eigenvalue weighted by atomic mass is 16.4. The van der Waals surface area contributed by atoms with Crippen LogP contribution < -0.4 is 20.4 Å². The Balaban J connectivity index is 1.77. The minimum Gasteiger partial charge on any atom is -0.550 e. The molecule has 5 heterocycles. The highest BCUT2D eigenvalue weighted by molar-refractivity contribution is 5.89. The van der Waals surface area contributed by atoms with Gasteiger partial charge in [0, 0.05) is 45.9 Å². The van der Waals surface area contributed by atoms with Gasteiger partial charge >= 0.3 is 0 Å². The number of H-pyrrole nitrogens is 2. The Kier molecular flexibility index (Phi) is 8.70. The Morgan fingerprint density at radius 1 is 0.523 bits per heavy atom. The van der Waals surface area contributed by atoms with Gasteiger partial charge in [0.2, 0.25) is 0 Å². The zero-order valence-corrected chi connectivity index (χ0v) is 23.4. The maximum atomic E-state index is 11.2. The molecule has 8 bridgehead atoms. The highest BCUT2D eigenvalue weighted by Gasteiger charge is 2.15. The van der Waals surface area contributed by atoms with Crippen LogP contribution in [0.2, 0.25) is 0 Å². The molecule has 0 saturated heterocycles. The summed E-state index contributed by atoms with van der Waals surface area (Å²) < 4.78 is 0. The van der Waals surface area contributed by atoms with E-state index in [0.29, 0.717) is 67.1 Å². The Morgan fingerprint density at radius 2 is 0.932 bits per heavy atom. The van der Waals surface area contributed by atoms with Gasteiger partial charge in [0.1, 0.15) is 0 Å². The average molecular weight is 595 g/mol. The first-order chi connectivity index (χ1) is 21.0. The van der Waals surface area contributed by atoms with Gasteiger partial charge in [0.25, 0.3) is 0 Å². The van der Waals surface area contributed by atoms with Crippen LogP contribution in [0.15, 0.2) is 36.4 Å². The molecule has 0 spiro atoms. The first-order valence-corrected chi connectivity index (χ1v) is 14.0. The number of aryl methyl sites for hydroxylation is 2. The largest absolute Gasteiger partial charge is 0.550 e. The molecule has 2 N–H and O–H groups in total. The number of carbonyl (C=O) groups excluding carboxylic acids is 4. The van der Waals surface area contributed by atoms with Crippen molar-refractivity contribution >= 4 is 69.2 Å².